The Kier molecular flexibility index (Phi) is 2.88. The molecule has 2 aliphatic rings. The van der Waals surface area contributed by atoms with Gasteiger partial charge in [0.25, 0.3) is 0 Å². The lowest BCUT2D eigenvalue weighted by molar-refractivity contribution is -0.125. The molecule has 14 heavy (non-hydrogen) atoms. The van der Waals surface area contributed by atoms with Crippen molar-refractivity contribution in [1.82, 2.24) is 4.90 Å². The first-order chi connectivity index (χ1) is 6.65. The highest BCUT2D eigenvalue weighted by atomic mass is 16.5. The number of morpholine rings is 1. The van der Waals surface area contributed by atoms with Crippen LogP contribution in [0.4, 0.5) is 0 Å². The van der Waals surface area contributed by atoms with Gasteiger partial charge in [-0.15, -0.1) is 0 Å². The maximum atomic E-state index is 11.6. The van der Waals surface area contributed by atoms with Gasteiger partial charge >= 0.3 is 0 Å². The monoisotopic (exact) mass is 197 g/mol. The van der Waals surface area contributed by atoms with E-state index in [1.807, 2.05) is 0 Å². The van der Waals surface area contributed by atoms with Gasteiger partial charge < -0.3 is 4.74 Å². The van der Waals surface area contributed by atoms with Gasteiger partial charge in [0.05, 0.1) is 18.8 Å². The van der Waals surface area contributed by atoms with Crippen molar-refractivity contribution in [3.8, 4) is 0 Å². The van der Waals surface area contributed by atoms with Gasteiger partial charge in [-0.25, -0.2) is 0 Å². The van der Waals surface area contributed by atoms with E-state index in [1.54, 1.807) is 0 Å². The van der Waals surface area contributed by atoms with Gasteiger partial charge in [-0.05, 0) is 26.7 Å². The third kappa shape index (κ3) is 2.55. The van der Waals surface area contributed by atoms with Crippen LogP contribution < -0.4 is 0 Å². The number of carbonyl (C=O) groups excluding carboxylic acids is 1. The first-order valence-corrected chi connectivity index (χ1v) is 5.55. The number of nitrogens with zero attached hydrogens (tertiary/aromatic N) is 1. The van der Waals surface area contributed by atoms with Crippen LogP contribution in [0.5, 0.6) is 0 Å². The zero-order valence-corrected chi connectivity index (χ0v) is 9.03. The van der Waals surface area contributed by atoms with E-state index >= 15 is 0 Å². The molecule has 2 atom stereocenters. The molecule has 1 saturated heterocycles. The molecule has 0 aromatic heterocycles. The van der Waals surface area contributed by atoms with E-state index in [0.717, 1.165) is 25.9 Å². The lowest BCUT2D eigenvalue weighted by Crippen LogP contribution is -2.47. The molecule has 80 valence electrons. The quantitative estimate of drug-likeness (QED) is 0.678. The number of hydrogen-bond donors (Lipinski definition) is 0. The summed E-state index contributed by atoms with van der Waals surface area (Å²) in [6.45, 7) is 6.60. The third-order valence-electron chi connectivity index (χ3n) is 2.91. The van der Waals surface area contributed by atoms with Crippen molar-refractivity contribution in [3.63, 3.8) is 0 Å². The van der Waals surface area contributed by atoms with Crippen LogP contribution in [0.1, 0.15) is 26.7 Å². The summed E-state index contributed by atoms with van der Waals surface area (Å²) in [6, 6.07) is 0. The average molecular weight is 197 g/mol. The average Bonchev–Trinajstić information content (AvgIpc) is 2.82. The first kappa shape index (κ1) is 10.1. The Bertz CT molecular complexity index is 215. The molecule has 2 rings (SSSR count). The molecule has 1 aliphatic heterocycles. The van der Waals surface area contributed by atoms with Crippen LogP contribution in [-0.2, 0) is 9.53 Å². The smallest absolute Gasteiger partial charge is 0.149 e. The van der Waals surface area contributed by atoms with Gasteiger partial charge in [-0.1, -0.05) is 0 Å². The summed E-state index contributed by atoms with van der Waals surface area (Å²) in [7, 11) is 0. The van der Waals surface area contributed by atoms with Gasteiger partial charge in [0.1, 0.15) is 5.78 Å². The molecule has 1 saturated carbocycles. The molecule has 1 aliphatic carbocycles. The normalized spacial score (nSPS) is 34.4. The molecule has 0 bridgehead atoms. The van der Waals surface area contributed by atoms with Crippen LogP contribution in [0.2, 0.25) is 0 Å². The largest absolute Gasteiger partial charge is 0.373 e. The van der Waals surface area contributed by atoms with Gasteiger partial charge in [0.2, 0.25) is 0 Å². The fraction of sp³-hybridized carbons (Fsp3) is 0.909. The van der Waals surface area contributed by atoms with E-state index in [0.29, 0.717) is 18.2 Å². The van der Waals surface area contributed by atoms with E-state index in [9.17, 15) is 4.79 Å². The van der Waals surface area contributed by atoms with Gasteiger partial charge in [-0.3, -0.25) is 9.69 Å². The van der Waals surface area contributed by atoms with Crippen molar-refractivity contribution in [2.45, 2.75) is 38.9 Å². The molecular weight excluding hydrogens is 178 g/mol. The lowest BCUT2D eigenvalue weighted by atomic mass is 10.2. The topological polar surface area (TPSA) is 29.5 Å². The Morgan fingerprint density at radius 3 is 2.36 bits per heavy atom. The van der Waals surface area contributed by atoms with E-state index in [1.165, 1.54) is 0 Å². The fourth-order valence-electron chi connectivity index (χ4n) is 2.17. The Labute approximate surface area is 85.4 Å². The summed E-state index contributed by atoms with van der Waals surface area (Å²) < 4.78 is 5.62. The van der Waals surface area contributed by atoms with E-state index in [4.69, 9.17) is 4.74 Å². The van der Waals surface area contributed by atoms with Crippen LogP contribution in [-0.4, -0.2) is 42.5 Å². The van der Waals surface area contributed by atoms with Gasteiger partial charge in [0.15, 0.2) is 0 Å². The maximum Gasteiger partial charge on any atom is 0.149 e. The van der Waals surface area contributed by atoms with Crippen molar-refractivity contribution in [3.05, 3.63) is 0 Å². The summed E-state index contributed by atoms with van der Waals surface area (Å²) in [6.07, 6.45) is 2.78. The summed E-state index contributed by atoms with van der Waals surface area (Å²) in [5, 5.41) is 0. The number of Topliss-reactive ketones (excluding diaryl/α,β-unsaturated/α-hetero) is 1. The predicted molar refractivity (Wildman–Crippen MR) is 54.2 cm³/mol. The van der Waals surface area contributed by atoms with Gasteiger partial charge in [-0.2, -0.15) is 0 Å². The predicted octanol–water partition coefficient (Wildman–Crippen LogP) is 1.07. The second-order valence-electron chi connectivity index (χ2n) is 4.69. The van der Waals surface area contributed by atoms with E-state index in [-0.39, 0.29) is 12.2 Å². The molecule has 0 N–H and O–H groups in total. The zero-order chi connectivity index (χ0) is 10.1. The fourth-order valence-corrected chi connectivity index (χ4v) is 2.17. The molecule has 0 aromatic rings. The standard InChI is InChI=1S/C11H19NO2/c1-8-5-12(6-9(2)14-8)7-11(13)10-3-4-10/h8-10H,3-7H2,1-2H3. The zero-order valence-electron chi connectivity index (χ0n) is 9.03. The van der Waals surface area contributed by atoms with Crippen molar-refractivity contribution in [1.29, 1.82) is 0 Å². The number of ketones is 1. The maximum absolute atomic E-state index is 11.6. The van der Waals surface area contributed by atoms with Crippen LogP contribution in [0, 0.1) is 5.92 Å². The highest BCUT2D eigenvalue weighted by Crippen LogP contribution is 2.30. The molecule has 0 aromatic carbocycles. The highest BCUT2D eigenvalue weighted by molar-refractivity contribution is 5.85. The molecule has 1 heterocycles. The van der Waals surface area contributed by atoms with Crippen LogP contribution in [0.25, 0.3) is 0 Å². The Balaban J connectivity index is 1.81. The minimum Gasteiger partial charge on any atom is -0.373 e. The molecule has 3 heteroatoms. The Morgan fingerprint density at radius 1 is 1.29 bits per heavy atom. The SMILES string of the molecule is CC1CN(CC(=O)C2CC2)CC(C)O1. The van der Waals surface area contributed by atoms with Crippen molar-refractivity contribution in [2.75, 3.05) is 19.6 Å². The lowest BCUT2D eigenvalue weighted by Gasteiger charge is -2.34. The summed E-state index contributed by atoms with van der Waals surface area (Å²) in [5.41, 5.74) is 0. The molecule has 2 unspecified atom stereocenters. The number of ether oxygens (including phenoxy) is 1. The number of hydrogen-bond acceptors (Lipinski definition) is 3. The minimum atomic E-state index is 0.269. The number of rotatable bonds is 3. The van der Waals surface area contributed by atoms with Gasteiger partial charge in [0, 0.05) is 19.0 Å². The van der Waals surface area contributed by atoms with Crippen LogP contribution >= 0.6 is 0 Å². The second kappa shape index (κ2) is 3.99. The van der Waals surface area contributed by atoms with Crippen LogP contribution in [0.3, 0.4) is 0 Å². The first-order valence-electron chi connectivity index (χ1n) is 5.55. The Hall–Kier alpha value is -0.410. The number of carbonyl (C=O) groups is 1. The minimum absolute atomic E-state index is 0.269. The van der Waals surface area contributed by atoms with Crippen molar-refractivity contribution < 1.29 is 9.53 Å². The molecule has 3 nitrogen and oxygen atoms in total. The van der Waals surface area contributed by atoms with Crippen LogP contribution in [0.15, 0.2) is 0 Å². The third-order valence-corrected chi connectivity index (χ3v) is 2.91. The summed E-state index contributed by atoms with van der Waals surface area (Å²) in [5.74, 6) is 0.828. The van der Waals surface area contributed by atoms with Crippen molar-refractivity contribution >= 4 is 5.78 Å². The van der Waals surface area contributed by atoms with E-state index < -0.39 is 0 Å². The molecule has 0 spiro atoms. The molecule has 0 amide bonds. The van der Waals surface area contributed by atoms with Crippen molar-refractivity contribution in [2.24, 2.45) is 5.92 Å². The molecule has 2 fully saturated rings. The second-order valence-corrected chi connectivity index (χ2v) is 4.69. The Morgan fingerprint density at radius 2 is 1.86 bits per heavy atom. The summed E-state index contributed by atoms with van der Waals surface area (Å²) >= 11 is 0. The molecule has 0 radical (unpaired) electrons. The summed E-state index contributed by atoms with van der Waals surface area (Å²) in [4.78, 5) is 13.8. The van der Waals surface area contributed by atoms with E-state index in [2.05, 4.69) is 18.7 Å². The highest BCUT2D eigenvalue weighted by Gasteiger charge is 2.32. The molecular formula is C11H19NO2.